The average Bonchev–Trinajstić information content (AvgIpc) is 2.37. The predicted molar refractivity (Wildman–Crippen MR) is 70.0 cm³/mol. The monoisotopic (exact) mass is 272 g/mol. The second-order valence-corrected chi connectivity index (χ2v) is 5.68. The molecule has 2 N–H and O–H groups in total. The summed E-state index contributed by atoms with van der Waals surface area (Å²) in [4.78, 5) is 10.2. The van der Waals surface area contributed by atoms with Gasteiger partial charge in [0.25, 0.3) is 5.69 Å². The van der Waals surface area contributed by atoms with Gasteiger partial charge in [0.15, 0.2) is 0 Å². The molecular formula is C11H16N2O4S. The first-order chi connectivity index (χ1) is 8.49. The van der Waals surface area contributed by atoms with Crippen LogP contribution in [-0.2, 0) is 16.6 Å². The Hall–Kier alpha value is -1.47. The first kappa shape index (κ1) is 14.6. The van der Waals surface area contributed by atoms with Gasteiger partial charge in [-0.1, -0.05) is 0 Å². The molecule has 1 aromatic rings. The quantitative estimate of drug-likeness (QED) is 0.620. The zero-order valence-corrected chi connectivity index (χ0v) is 11.1. The van der Waals surface area contributed by atoms with Crippen LogP contribution in [0.25, 0.3) is 0 Å². The number of nitro benzene ring substituents is 1. The van der Waals surface area contributed by atoms with E-state index in [2.05, 4.69) is 0 Å². The molecule has 1 aromatic carbocycles. The fourth-order valence-corrected chi connectivity index (χ4v) is 2.43. The lowest BCUT2D eigenvalue weighted by molar-refractivity contribution is -0.384. The van der Waals surface area contributed by atoms with Crippen molar-refractivity contribution in [3.63, 3.8) is 0 Å². The van der Waals surface area contributed by atoms with Crippen molar-refractivity contribution in [2.24, 2.45) is 5.73 Å². The molecule has 0 aromatic heterocycles. The highest BCUT2D eigenvalue weighted by Gasteiger charge is 2.16. The first-order valence-electron chi connectivity index (χ1n) is 5.38. The number of non-ortho nitro benzene ring substituents is 1. The molecule has 0 aliphatic rings. The maximum Gasteiger partial charge on any atom is 0.270 e. The lowest BCUT2D eigenvalue weighted by Crippen LogP contribution is -2.22. The van der Waals surface area contributed by atoms with Crippen molar-refractivity contribution in [1.82, 2.24) is 0 Å². The molecule has 0 amide bonds. The van der Waals surface area contributed by atoms with Crippen LogP contribution in [0.4, 0.5) is 5.69 Å². The van der Waals surface area contributed by atoms with E-state index in [1.165, 1.54) is 25.3 Å². The van der Waals surface area contributed by atoms with Crippen LogP contribution in [0, 0.1) is 10.1 Å². The normalized spacial score (nSPS) is 13.9. The van der Waals surface area contributed by atoms with Crippen LogP contribution in [0.2, 0.25) is 0 Å². The number of hydrogen-bond acceptors (Lipinski definition) is 5. The van der Waals surface area contributed by atoms with Crippen LogP contribution in [0.3, 0.4) is 0 Å². The Kier molecular flexibility index (Phi) is 5.24. The van der Waals surface area contributed by atoms with Gasteiger partial charge in [-0.3, -0.25) is 14.3 Å². The Labute approximate surface area is 108 Å². The van der Waals surface area contributed by atoms with E-state index in [1.54, 1.807) is 6.92 Å². The van der Waals surface area contributed by atoms with Gasteiger partial charge >= 0.3 is 0 Å². The Balaban J connectivity index is 3.01. The van der Waals surface area contributed by atoms with E-state index in [0.717, 1.165) is 0 Å². The van der Waals surface area contributed by atoms with E-state index >= 15 is 0 Å². The zero-order chi connectivity index (χ0) is 13.7. The fraction of sp³-hybridized carbons (Fsp3) is 0.455. The van der Waals surface area contributed by atoms with Crippen molar-refractivity contribution < 1.29 is 13.9 Å². The number of methoxy groups -OCH3 is 1. The summed E-state index contributed by atoms with van der Waals surface area (Å²) in [6, 6.07) is 4.26. The molecule has 0 aliphatic carbocycles. The van der Waals surface area contributed by atoms with Crippen molar-refractivity contribution in [2.75, 3.05) is 13.7 Å². The van der Waals surface area contributed by atoms with Gasteiger partial charge in [-0.15, -0.1) is 0 Å². The Morgan fingerprint density at radius 3 is 2.72 bits per heavy atom. The molecule has 1 rings (SSSR count). The van der Waals surface area contributed by atoms with Gasteiger partial charge in [0, 0.05) is 40.3 Å². The Bertz CT molecular complexity index is 464. The molecular weight excluding hydrogens is 256 g/mol. The minimum Gasteiger partial charge on any atom is -0.496 e. The van der Waals surface area contributed by atoms with E-state index < -0.39 is 15.7 Å². The molecule has 0 spiro atoms. The number of rotatable bonds is 6. The summed E-state index contributed by atoms with van der Waals surface area (Å²) in [6.07, 6.45) is 0. The first-order valence-corrected chi connectivity index (χ1v) is 6.76. The predicted octanol–water partition coefficient (Wildman–Crippen LogP) is 1.20. The van der Waals surface area contributed by atoms with Gasteiger partial charge in [0.2, 0.25) is 0 Å². The summed E-state index contributed by atoms with van der Waals surface area (Å²) in [5, 5.41) is 10.5. The molecule has 7 heteroatoms. The van der Waals surface area contributed by atoms with E-state index in [1.807, 2.05) is 0 Å². The van der Waals surface area contributed by atoms with Crippen LogP contribution in [-0.4, -0.2) is 28.0 Å². The number of nitro groups is 1. The Morgan fingerprint density at radius 1 is 1.56 bits per heavy atom. The molecule has 0 bridgehead atoms. The minimum absolute atomic E-state index is 0.0387. The van der Waals surface area contributed by atoms with E-state index in [9.17, 15) is 14.3 Å². The molecule has 0 saturated carbocycles. The van der Waals surface area contributed by atoms with Gasteiger partial charge in [-0.25, -0.2) is 0 Å². The van der Waals surface area contributed by atoms with Crippen molar-refractivity contribution in [2.45, 2.75) is 17.9 Å². The van der Waals surface area contributed by atoms with Gasteiger partial charge in [0.05, 0.1) is 17.8 Å². The standard InChI is InChI=1S/C11H16N2O4S/c1-8(6-12)18(16)7-9-5-10(13(14)15)3-4-11(9)17-2/h3-5,8H,6-7,12H2,1-2H3. The molecule has 18 heavy (non-hydrogen) atoms. The molecule has 2 atom stereocenters. The van der Waals surface area contributed by atoms with Gasteiger partial charge in [-0.2, -0.15) is 0 Å². The number of benzene rings is 1. The van der Waals surface area contributed by atoms with Gasteiger partial charge in [-0.05, 0) is 13.0 Å². The number of nitrogens with zero attached hydrogens (tertiary/aromatic N) is 1. The van der Waals surface area contributed by atoms with Crippen molar-refractivity contribution in [1.29, 1.82) is 0 Å². The van der Waals surface area contributed by atoms with Crippen LogP contribution < -0.4 is 10.5 Å². The third kappa shape index (κ3) is 3.51. The van der Waals surface area contributed by atoms with Crippen LogP contribution in [0.15, 0.2) is 18.2 Å². The van der Waals surface area contributed by atoms with Crippen LogP contribution in [0.5, 0.6) is 5.75 Å². The van der Waals surface area contributed by atoms with E-state index in [-0.39, 0.29) is 16.7 Å². The van der Waals surface area contributed by atoms with Gasteiger partial charge in [0.1, 0.15) is 5.75 Å². The summed E-state index contributed by atoms with van der Waals surface area (Å²) in [5.74, 6) is 0.696. The molecule has 0 fully saturated rings. The summed E-state index contributed by atoms with van der Waals surface area (Å²) in [7, 11) is 0.295. The van der Waals surface area contributed by atoms with E-state index in [0.29, 0.717) is 17.9 Å². The molecule has 0 saturated heterocycles. The fourth-order valence-electron chi connectivity index (χ4n) is 1.39. The highest BCUT2D eigenvalue weighted by atomic mass is 32.2. The van der Waals surface area contributed by atoms with E-state index in [4.69, 9.17) is 10.5 Å². The second kappa shape index (κ2) is 6.46. The number of ether oxygens (including phenoxy) is 1. The maximum atomic E-state index is 11.9. The largest absolute Gasteiger partial charge is 0.496 e. The van der Waals surface area contributed by atoms with Crippen molar-refractivity contribution >= 4 is 16.5 Å². The summed E-state index contributed by atoms with van der Waals surface area (Å²) >= 11 is 0. The lowest BCUT2D eigenvalue weighted by Gasteiger charge is -2.11. The van der Waals surface area contributed by atoms with Crippen molar-refractivity contribution in [3.8, 4) is 5.75 Å². The SMILES string of the molecule is COc1ccc([N+](=O)[O-])cc1CS(=O)C(C)CN. The van der Waals surface area contributed by atoms with Crippen LogP contribution in [0.1, 0.15) is 12.5 Å². The number of hydrogen-bond donors (Lipinski definition) is 1. The highest BCUT2D eigenvalue weighted by molar-refractivity contribution is 7.84. The molecule has 6 nitrogen and oxygen atoms in total. The average molecular weight is 272 g/mol. The Morgan fingerprint density at radius 2 is 2.22 bits per heavy atom. The molecule has 0 radical (unpaired) electrons. The summed E-state index contributed by atoms with van der Waals surface area (Å²) < 4.78 is 17.0. The third-order valence-corrected chi connectivity index (χ3v) is 4.24. The molecule has 0 heterocycles. The molecule has 2 unspecified atom stereocenters. The highest BCUT2D eigenvalue weighted by Crippen LogP contribution is 2.25. The topological polar surface area (TPSA) is 95.5 Å². The molecule has 0 aliphatic heterocycles. The zero-order valence-electron chi connectivity index (χ0n) is 10.3. The third-order valence-electron chi connectivity index (χ3n) is 2.55. The second-order valence-electron chi connectivity index (χ2n) is 3.82. The smallest absolute Gasteiger partial charge is 0.270 e. The van der Waals surface area contributed by atoms with Gasteiger partial charge < -0.3 is 10.5 Å². The van der Waals surface area contributed by atoms with Crippen molar-refractivity contribution in [3.05, 3.63) is 33.9 Å². The maximum absolute atomic E-state index is 11.9. The number of nitrogens with two attached hydrogens (primary N) is 1. The molecule has 100 valence electrons. The lowest BCUT2D eigenvalue weighted by atomic mass is 10.2. The summed E-state index contributed by atoms with van der Waals surface area (Å²) in [6.45, 7) is 2.09. The van der Waals surface area contributed by atoms with Crippen LogP contribution >= 0.6 is 0 Å². The summed E-state index contributed by atoms with van der Waals surface area (Å²) in [5.41, 5.74) is 5.96. The minimum atomic E-state index is -1.18.